The first-order chi connectivity index (χ1) is 10.3. The summed E-state index contributed by atoms with van der Waals surface area (Å²) >= 11 is 0. The van der Waals surface area contributed by atoms with Gasteiger partial charge in [0.1, 0.15) is 0 Å². The number of H-pyrrole nitrogens is 1. The number of hydrogen-bond donors (Lipinski definition) is 3. The van der Waals surface area contributed by atoms with Gasteiger partial charge < -0.3 is 20.9 Å². The van der Waals surface area contributed by atoms with Crippen molar-refractivity contribution in [3.05, 3.63) is 36.0 Å². The minimum atomic E-state index is -0.544. The lowest BCUT2D eigenvalue weighted by Gasteiger charge is -2.33. The average Bonchev–Trinajstić information content (AvgIpc) is 2.88. The van der Waals surface area contributed by atoms with E-state index in [1.165, 1.54) is 0 Å². The molecule has 22 heavy (non-hydrogen) atoms. The molecule has 0 aliphatic heterocycles. The van der Waals surface area contributed by atoms with Gasteiger partial charge in [-0.3, -0.25) is 4.79 Å². The topological polar surface area (TPSA) is 74.2 Å². The summed E-state index contributed by atoms with van der Waals surface area (Å²) in [6.07, 6.45) is 2.46. The first-order valence-electron chi connectivity index (χ1n) is 7.57. The van der Waals surface area contributed by atoms with Crippen molar-refractivity contribution in [3.63, 3.8) is 0 Å². The second-order valence-electron chi connectivity index (χ2n) is 6.59. The van der Waals surface area contributed by atoms with E-state index >= 15 is 0 Å². The summed E-state index contributed by atoms with van der Waals surface area (Å²) in [4.78, 5) is 17.5. The maximum atomic E-state index is 12.2. The van der Waals surface area contributed by atoms with Crippen LogP contribution in [0.5, 0.6) is 0 Å². The fourth-order valence-corrected chi connectivity index (χ4v) is 2.22. The molecule has 5 nitrogen and oxygen atoms in total. The van der Waals surface area contributed by atoms with Crippen LogP contribution in [0, 0.1) is 0 Å². The Labute approximate surface area is 131 Å². The van der Waals surface area contributed by atoms with Gasteiger partial charge in [0.15, 0.2) is 0 Å². The number of para-hydroxylation sites is 1. The molecule has 1 aromatic carbocycles. The Hall–Kier alpha value is -1.85. The third kappa shape index (κ3) is 3.67. The van der Waals surface area contributed by atoms with Crippen LogP contribution in [0.1, 0.15) is 19.4 Å². The van der Waals surface area contributed by atoms with E-state index in [4.69, 9.17) is 5.73 Å². The average molecular weight is 302 g/mol. The van der Waals surface area contributed by atoms with E-state index in [0.29, 0.717) is 13.0 Å². The number of likely N-dealkylation sites (N-methyl/N-ethyl adjacent to an activating group) is 1. The number of benzene rings is 1. The summed E-state index contributed by atoms with van der Waals surface area (Å²) in [5.41, 5.74) is 8.11. The summed E-state index contributed by atoms with van der Waals surface area (Å²) < 4.78 is 0. The molecule has 0 bridgehead atoms. The summed E-state index contributed by atoms with van der Waals surface area (Å²) in [7, 11) is 4.00. The lowest BCUT2D eigenvalue weighted by molar-refractivity contribution is -0.122. The highest BCUT2D eigenvalue weighted by Crippen LogP contribution is 2.18. The highest BCUT2D eigenvalue weighted by molar-refractivity contribution is 5.86. The SMILES string of the molecule is CN(C)C(C)(C)CNC(=O)[C@@H](N)Cc1c[nH]c2ccccc12. The fraction of sp³-hybridized carbons (Fsp3) is 0.471. The summed E-state index contributed by atoms with van der Waals surface area (Å²) in [6, 6.07) is 7.49. The number of carbonyl (C=O) groups is 1. The van der Waals surface area contributed by atoms with E-state index in [9.17, 15) is 4.79 Å². The highest BCUT2D eigenvalue weighted by Gasteiger charge is 2.23. The molecule has 2 rings (SSSR count). The van der Waals surface area contributed by atoms with Gasteiger partial charge in [-0.2, -0.15) is 0 Å². The fourth-order valence-electron chi connectivity index (χ4n) is 2.22. The Morgan fingerprint density at radius 2 is 2.05 bits per heavy atom. The zero-order valence-corrected chi connectivity index (χ0v) is 13.8. The van der Waals surface area contributed by atoms with Gasteiger partial charge in [0.2, 0.25) is 5.91 Å². The molecular formula is C17H26N4O. The van der Waals surface area contributed by atoms with Crippen LogP contribution in [0.3, 0.4) is 0 Å². The Kier molecular flexibility index (Phi) is 4.88. The second kappa shape index (κ2) is 6.50. The number of rotatable bonds is 6. The monoisotopic (exact) mass is 302 g/mol. The third-order valence-electron chi connectivity index (χ3n) is 4.36. The quantitative estimate of drug-likeness (QED) is 0.757. The first-order valence-corrected chi connectivity index (χ1v) is 7.57. The van der Waals surface area contributed by atoms with E-state index in [-0.39, 0.29) is 11.4 Å². The first kappa shape index (κ1) is 16.5. The van der Waals surface area contributed by atoms with Crippen LogP contribution in [0.4, 0.5) is 0 Å². The molecule has 1 amide bonds. The van der Waals surface area contributed by atoms with Crippen LogP contribution < -0.4 is 11.1 Å². The molecule has 1 heterocycles. The molecule has 2 aromatic rings. The van der Waals surface area contributed by atoms with E-state index < -0.39 is 6.04 Å². The van der Waals surface area contributed by atoms with Crippen molar-refractivity contribution in [3.8, 4) is 0 Å². The predicted molar refractivity (Wildman–Crippen MR) is 90.8 cm³/mol. The molecule has 0 spiro atoms. The van der Waals surface area contributed by atoms with Crippen LogP contribution in [0.15, 0.2) is 30.5 Å². The minimum absolute atomic E-state index is 0.101. The zero-order chi connectivity index (χ0) is 16.3. The van der Waals surface area contributed by atoms with Crippen molar-refractivity contribution in [2.24, 2.45) is 5.73 Å². The number of fused-ring (bicyclic) bond motifs is 1. The molecule has 0 saturated heterocycles. The van der Waals surface area contributed by atoms with Crippen molar-refractivity contribution >= 4 is 16.8 Å². The number of aromatic nitrogens is 1. The van der Waals surface area contributed by atoms with Crippen LogP contribution in [0.2, 0.25) is 0 Å². The van der Waals surface area contributed by atoms with E-state index in [0.717, 1.165) is 16.5 Å². The van der Waals surface area contributed by atoms with Crippen LogP contribution >= 0.6 is 0 Å². The van der Waals surface area contributed by atoms with E-state index in [1.54, 1.807) is 0 Å². The van der Waals surface area contributed by atoms with Crippen molar-refractivity contribution in [2.75, 3.05) is 20.6 Å². The van der Waals surface area contributed by atoms with Gasteiger partial charge in [-0.05, 0) is 46.0 Å². The van der Waals surface area contributed by atoms with E-state index in [2.05, 4.69) is 29.0 Å². The van der Waals surface area contributed by atoms with Crippen molar-refractivity contribution in [1.29, 1.82) is 0 Å². The molecule has 120 valence electrons. The lowest BCUT2D eigenvalue weighted by atomic mass is 10.0. The van der Waals surface area contributed by atoms with Crippen LogP contribution in [-0.2, 0) is 11.2 Å². The van der Waals surface area contributed by atoms with Gasteiger partial charge in [0, 0.05) is 29.2 Å². The Bertz CT molecular complexity index is 645. The molecule has 0 saturated carbocycles. The van der Waals surface area contributed by atoms with Gasteiger partial charge >= 0.3 is 0 Å². The van der Waals surface area contributed by atoms with Gasteiger partial charge in [-0.15, -0.1) is 0 Å². The number of amides is 1. The Balaban J connectivity index is 1.97. The minimum Gasteiger partial charge on any atom is -0.361 e. The molecule has 0 unspecified atom stereocenters. The number of aromatic amines is 1. The third-order valence-corrected chi connectivity index (χ3v) is 4.36. The summed E-state index contributed by atoms with van der Waals surface area (Å²) in [6.45, 7) is 4.73. The summed E-state index contributed by atoms with van der Waals surface area (Å²) in [5, 5.41) is 4.07. The Morgan fingerprint density at radius 3 is 2.73 bits per heavy atom. The van der Waals surface area contributed by atoms with Gasteiger partial charge in [0.25, 0.3) is 0 Å². The van der Waals surface area contributed by atoms with Gasteiger partial charge in [-0.1, -0.05) is 18.2 Å². The van der Waals surface area contributed by atoms with Gasteiger partial charge in [-0.25, -0.2) is 0 Å². The smallest absolute Gasteiger partial charge is 0.237 e. The molecule has 1 aromatic heterocycles. The number of nitrogens with one attached hydrogen (secondary N) is 2. The van der Waals surface area contributed by atoms with Gasteiger partial charge in [0.05, 0.1) is 6.04 Å². The molecule has 0 radical (unpaired) electrons. The number of nitrogens with zero attached hydrogens (tertiary/aromatic N) is 1. The van der Waals surface area contributed by atoms with Crippen molar-refractivity contribution in [2.45, 2.75) is 31.8 Å². The lowest BCUT2D eigenvalue weighted by Crippen LogP contribution is -2.51. The molecular weight excluding hydrogens is 276 g/mol. The predicted octanol–water partition coefficient (Wildman–Crippen LogP) is 1.49. The normalized spacial score (nSPS) is 13.5. The number of hydrogen-bond acceptors (Lipinski definition) is 3. The maximum Gasteiger partial charge on any atom is 0.237 e. The molecule has 0 fully saturated rings. The van der Waals surface area contributed by atoms with Crippen molar-refractivity contribution < 1.29 is 4.79 Å². The largest absolute Gasteiger partial charge is 0.361 e. The zero-order valence-electron chi connectivity index (χ0n) is 13.8. The second-order valence-corrected chi connectivity index (χ2v) is 6.59. The van der Waals surface area contributed by atoms with Crippen molar-refractivity contribution in [1.82, 2.24) is 15.2 Å². The molecule has 1 atom stereocenters. The van der Waals surface area contributed by atoms with Crippen LogP contribution in [-0.4, -0.2) is 48.0 Å². The number of carbonyl (C=O) groups excluding carboxylic acids is 1. The standard InChI is InChI=1S/C17H26N4O/c1-17(2,21(3)4)11-20-16(22)14(18)9-12-10-19-15-8-6-5-7-13(12)15/h5-8,10,14,19H,9,11,18H2,1-4H3,(H,20,22)/t14-/m0/s1. The molecule has 5 heteroatoms. The molecule has 4 N–H and O–H groups in total. The molecule has 0 aliphatic rings. The highest BCUT2D eigenvalue weighted by atomic mass is 16.2. The summed E-state index contributed by atoms with van der Waals surface area (Å²) in [5.74, 6) is -0.111. The molecule has 0 aliphatic carbocycles. The van der Waals surface area contributed by atoms with Crippen LogP contribution in [0.25, 0.3) is 10.9 Å². The maximum absolute atomic E-state index is 12.2. The number of nitrogens with two attached hydrogens (primary N) is 1. The van der Waals surface area contributed by atoms with E-state index in [1.807, 2.05) is 44.6 Å². The Morgan fingerprint density at radius 1 is 1.36 bits per heavy atom.